The number of hydrogen-bond acceptors (Lipinski definition) is 4. The number of ether oxygens (including phenoxy) is 1. The molecule has 0 spiro atoms. The summed E-state index contributed by atoms with van der Waals surface area (Å²) in [7, 11) is 0. The topological polar surface area (TPSA) is 60.7 Å². The van der Waals surface area contributed by atoms with E-state index in [4.69, 9.17) is 51.1 Å². The zero-order valence-corrected chi connectivity index (χ0v) is 18.2. The first-order chi connectivity index (χ1) is 13.3. The van der Waals surface area contributed by atoms with Gasteiger partial charge in [0.15, 0.2) is 4.80 Å². The summed E-state index contributed by atoms with van der Waals surface area (Å²) in [6.07, 6.45) is 0. The highest BCUT2D eigenvalue weighted by Gasteiger charge is 2.17. The molecule has 2 aromatic carbocycles. The highest BCUT2D eigenvalue weighted by atomic mass is 35.5. The van der Waals surface area contributed by atoms with Crippen LogP contribution < -0.4 is 4.80 Å². The van der Waals surface area contributed by atoms with Gasteiger partial charge in [-0.05, 0) is 37.3 Å². The maximum atomic E-state index is 12.7. The van der Waals surface area contributed by atoms with Crippen LogP contribution in [0.4, 0.5) is 0 Å². The highest BCUT2D eigenvalue weighted by molar-refractivity contribution is 7.16. The second-order valence-electron chi connectivity index (χ2n) is 5.53. The van der Waals surface area contributed by atoms with Crippen LogP contribution >= 0.6 is 57.7 Å². The SMILES string of the molecule is CCOC(=O)Cn1c(=NC(=O)c2ccc(Cl)cc2Cl)sc2ccc(Cl)c(Cl)c21. The van der Waals surface area contributed by atoms with Crippen molar-refractivity contribution < 1.29 is 14.3 Å². The fourth-order valence-corrected chi connectivity index (χ4v) is 4.48. The van der Waals surface area contributed by atoms with Crippen molar-refractivity contribution in [1.82, 2.24) is 4.57 Å². The molecule has 0 N–H and O–H groups in total. The van der Waals surface area contributed by atoms with Gasteiger partial charge in [-0.15, -0.1) is 0 Å². The number of carbonyl (C=O) groups is 2. The minimum absolute atomic E-state index is 0.172. The Kier molecular flexibility index (Phi) is 6.68. The van der Waals surface area contributed by atoms with E-state index in [-0.39, 0.29) is 33.6 Å². The van der Waals surface area contributed by atoms with Crippen molar-refractivity contribution in [2.45, 2.75) is 13.5 Å². The first-order valence-electron chi connectivity index (χ1n) is 7.99. The lowest BCUT2D eigenvalue weighted by molar-refractivity contribution is -0.143. The Balaban J connectivity index is 2.18. The largest absolute Gasteiger partial charge is 0.465 e. The Bertz CT molecular complexity index is 1150. The average Bonchev–Trinajstić information content (AvgIpc) is 2.96. The monoisotopic (exact) mass is 476 g/mol. The van der Waals surface area contributed by atoms with Gasteiger partial charge in [-0.25, -0.2) is 0 Å². The van der Waals surface area contributed by atoms with Gasteiger partial charge in [0, 0.05) is 5.02 Å². The van der Waals surface area contributed by atoms with Crippen LogP contribution in [0.15, 0.2) is 35.3 Å². The number of esters is 1. The van der Waals surface area contributed by atoms with Crippen molar-refractivity contribution >= 4 is 79.8 Å². The average molecular weight is 478 g/mol. The number of carbonyl (C=O) groups excluding carboxylic acids is 2. The smallest absolute Gasteiger partial charge is 0.326 e. The molecule has 0 unspecified atom stereocenters. The predicted octanol–water partition coefficient (Wildman–Crippen LogP) is 5.62. The lowest BCUT2D eigenvalue weighted by Crippen LogP contribution is -2.23. The van der Waals surface area contributed by atoms with Crippen LogP contribution in [0.25, 0.3) is 10.2 Å². The number of amides is 1. The van der Waals surface area contributed by atoms with Gasteiger partial charge in [0.25, 0.3) is 5.91 Å². The number of halogens is 4. The van der Waals surface area contributed by atoms with Crippen LogP contribution in [-0.4, -0.2) is 23.1 Å². The first kappa shape index (κ1) is 21.1. The summed E-state index contributed by atoms with van der Waals surface area (Å²) < 4.78 is 7.24. The molecule has 1 amide bonds. The number of aromatic nitrogens is 1. The molecular formula is C18H12Cl4N2O3S. The van der Waals surface area contributed by atoms with E-state index in [0.717, 1.165) is 0 Å². The third-order valence-electron chi connectivity index (χ3n) is 3.69. The molecule has 5 nitrogen and oxygen atoms in total. The Labute approximate surface area is 184 Å². The molecule has 0 radical (unpaired) electrons. The molecule has 146 valence electrons. The quantitative estimate of drug-likeness (QED) is 0.458. The van der Waals surface area contributed by atoms with Crippen molar-refractivity contribution in [1.29, 1.82) is 0 Å². The third-order valence-corrected chi connectivity index (χ3v) is 6.07. The molecule has 1 heterocycles. The molecule has 28 heavy (non-hydrogen) atoms. The normalized spacial score (nSPS) is 11.8. The van der Waals surface area contributed by atoms with Gasteiger partial charge < -0.3 is 9.30 Å². The molecule has 3 rings (SSSR count). The molecule has 0 aliphatic carbocycles. The van der Waals surface area contributed by atoms with E-state index in [9.17, 15) is 9.59 Å². The summed E-state index contributed by atoms with van der Waals surface area (Å²) in [5, 5.41) is 1.17. The van der Waals surface area contributed by atoms with Gasteiger partial charge in [0.1, 0.15) is 6.54 Å². The van der Waals surface area contributed by atoms with E-state index in [1.807, 2.05) is 0 Å². The zero-order chi connectivity index (χ0) is 20.4. The Morgan fingerprint density at radius 2 is 1.86 bits per heavy atom. The lowest BCUT2D eigenvalue weighted by atomic mass is 10.2. The van der Waals surface area contributed by atoms with E-state index >= 15 is 0 Å². The molecule has 0 saturated heterocycles. The van der Waals surface area contributed by atoms with Crippen LogP contribution in [0.5, 0.6) is 0 Å². The molecular weight excluding hydrogens is 466 g/mol. The van der Waals surface area contributed by atoms with Crippen LogP contribution in [0.2, 0.25) is 20.1 Å². The summed E-state index contributed by atoms with van der Waals surface area (Å²) in [6.45, 7) is 1.76. The minimum atomic E-state index is -0.576. The van der Waals surface area contributed by atoms with Crippen LogP contribution in [0, 0.1) is 0 Å². The fourth-order valence-electron chi connectivity index (χ4n) is 2.48. The molecule has 0 fully saturated rings. The van der Waals surface area contributed by atoms with E-state index in [2.05, 4.69) is 4.99 Å². The summed E-state index contributed by atoms with van der Waals surface area (Å²) >= 11 is 25.6. The van der Waals surface area contributed by atoms with Crippen molar-refractivity contribution in [3.05, 3.63) is 60.8 Å². The first-order valence-corrected chi connectivity index (χ1v) is 10.3. The van der Waals surface area contributed by atoms with Gasteiger partial charge in [0.05, 0.1) is 37.5 Å². The van der Waals surface area contributed by atoms with Gasteiger partial charge in [-0.1, -0.05) is 57.7 Å². The third kappa shape index (κ3) is 4.36. The van der Waals surface area contributed by atoms with Crippen molar-refractivity contribution in [3.8, 4) is 0 Å². The number of thiazole rings is 1. The minimum Gasteiger partial charge on any atom is -0.465 e. The molecule has 10 heteroatoms. The molecule has 0 bridgehead atoms. The second-order valence-corrected chi connectivity index (χ2v) is 8.16. The van der Waals surface area contributed by atoms with Crippen LogP contribution in [-0.2, 0) is 16.1 Å². The van der Waals surface area contributed by atoms with Crippen molar-refractivity contribution in [2.75, 3.05) is 6.61 Å². The van der Waals surface area contributed by atoms with Gasteiger partial charge in [-0.2, -0.15) is 4.99 Å². The zero-order valence-electron chi connectivity index (χ0n) is 14.3. The standard InChI is InChI=1S/C18H12Cl4N2O3S/c1-2-27-14(25)8-24-16-13(6-5-11(20)15(16)22)28-18(24)23-17(26)10-4-3-9(19)7-12(10)21/h3-7H,2,8H2,1H3. The van der Waals surface area contributed by atoms with Crippen LogP contribution in [0.1, 0.15) is 17.3 Å². The van der Waals surface area contributed by atoms with Gasteiger partial charge >= 0.3 is 5.97 Å². The Hall–Kier alpha value is -1.57. The second kappa shape index (κ2) is 8.84. The Morgan fingerprint density at radius 1 is 1.11 bits per heavy atom. The summed E-state index contributed by atoms with van der Waals surface area (Å²) in [5.74, 6) is -1.07. The van der Waals surface area contributed by atoms with E-state index < -0.39 is 11.9 Å². The van der Waals surface area contributed by atoms with E-state index in [0.29, 0.717) is 20.3 Å². The fraction of sp³-hybridized carbons (Fsp3) is 0.167. The van der Waals surface area contributed by atoms with Gasteiger partial charge in [-0.3, -0.25) is 9.59 Å². The summed E-state index contributed by atoms with van der Waals surface area (Å²) in [6, 6.07) is 7.88. The number of rotatable bonds is 4. The van der Waals surface area contributed by atoms with Crippen molar-refractivity contribution in [3.63, 3.8) is 0 Å². The number of nitrogens with zero attached hydrogens (tertiary/aromatic N) is 2. The lowest BCUT2D eigenvalue weighted by Gasteiger charge is -2.07. The molecule has 0 saturated carbocycles. The Morgan fingerprint density at radius 3 is 2.54 bits per heavy atom. The maximum absolute atomic E-state index is 12.7. The molecule has 1 aromatic heterocycles. The van der Waals surface area contributed by atoms with E-state index in [1.165, 1.54) is 28.0 Å². The van der Waals surface area contributed by atoms with Crippen molar-refractivity contribution in [2.24, 2.45) is 4.99 Å². The van der Waals surface area contributed by atoms with Gasteiger partial charge in [0.2, 0.25) is 0 Å². The van der Waals surface area contributed by atoms with E-state index in [1.54, 1.807) is 25.1 Å². The predicted molar refractivity (Wildman–Crippen MR) is 113 cm³/mol. The summed E-state index contributed by atoms with van der Waals surface area (Å²) in [4.78, 5) is 29.1. The molecule has 0 aliphatic rings. The molecule has 3 aromatic rings. The molecule has 0 aliphatic heterocycles. The number of hydrogen-bond donors (Lipinski definition) is 0. The molecule has 0 atom stereocenters. The maximum Gasteiger partial charge on any atom is 0.326 e. The highest BCUT2D eigenvalue weighted by Crippen LogP contribution is 2.32. The van der Waals surface area contributed by atoms with Crippen LogP contribution in [0.3, 0.4) is 0 Å². The number of fused-ring (bicyclic) bond motifs is 1. The number of benzene rings is 2. The summed E-state index contributed by atoms with van der Waals surface area (Å²) in [5.41, 5.74) is 0.691.